The Morgan fingerprint density at radius 2 is 2.08 bits per heavy atom. The Kier molecular flexibility index (Phi) is 5.08. The van der Waals surface area contributed by atoms with Crippen molar-refractivity contribution in [3.8, 4) is 11.5 Å². The molecule has 2 aliphatic rings. The van der Waals surface area contributed by atoms with E-state index in [0.29, 0.717) is 29.4 Å². The molecule has 0 aromatic heterocycles. The summed E-state index contributed by atoms with van der Waals surface area (Å²) >= 11 is 0. The third kappa shape index (κ3) is 3.62. The summed E-state index contributed by atoms with van der Waals surface area (Å²) in [4.78, 5) is 19.3. The zero-order chi connectivity index (χ0) is 18.9. The van der Waals surface area contributed by atoms with Gasteiger partial charge >= 0.3 is 0 Å². The van der Waals surface area contributed by atoms with Crippen LogP contribution in [0.15, 0.2) is 28.9 Å². The van der Waals surface area contributed by atoms with Crippen molar-refractivity contribution >= 4 is 17.8 Å². The molecule has 140 valence electrons. The lowest BCUT2D eigenvalue weighted by Crippen LogP contribution is -2.32. The lowest BCUT2D eigenvalue weighted by molar-refractivity contribution is 0.0817. The van der Waals surface area contributed by atoms with Gasteiger partial charge in [0.05, 0.1) is 31.0 Å². The molecule has 0 radical (unpaired) electrons. The van der Waals surface area contributed by atoms with Gasteiger partial charge in [-0.1, -0.05) is 32.8 Å². The first kappa shape index (κ1) is 18.5. The maximum absolute atomic E-state index is 13.0. The summed E-state index contributed by atoms with van der Waals surface area (Å²) in [5, 5.41) is 0. The molecule has 0 saturated carbocycles. The van der Waals surface area contributed by atoms with Crippen molar-refractivity contribution in [2.75, 3.05) is 13.7 Å². The van der Waals surface area contributed by atoms with Crippen LogP contribution in [-0.4, -0.2) is 36.8 Å². The van der Waals surface area contributed by atoms with E-state index >= 15 is 0 Å². The predicted octanol–water partition coefficient (Wildman–Crippen LogP) is 4.73. The Morgan fingerprint density at radius 1 is 1.31 bits per heavy atom. The standard InChI is InChI=1S/C21H28N2O3/c1-6-7-21(3,4)13-26-19-10-17-16(9-18(19)25-5)20(24)23-12-14(2)8-15(23)11-22-17/h9-12,15H,6-8,13H2,1-5H3. The van der Waals surface area contributed by atoms with E-state index in [4.69, 9.17) is 9.47 Å². The van der Waals surface area contributed by atoms with Gasteiger partial charge in [0.2, 0.25) is 0 Å². The molecule has 0 spiro atoms. The number of ether oxygens (including phenoxy) is 2. The van der Waals surface area contributed by atoms with Crippen molar-refractivity contribution in [1.29, 1.82) is 0 Å². The van der Waals surface area contributed by atoms with Gasteiger partial charge in [0.25, 0.3) is 5.91 Å². The van der Waals surface area contributed by atoms with Crippen LogP contribution in [0.3, 0.4) is 0 Å². The normalized spacial score (nSPS) is 19.0. The largest absolute Gasteiger partial charge is 0.493 e. The molecule has 5 heteroatoms. The first-order valence-electron chi connectivity index (χ1n) is 9.23. The second-order valence-corrected chi connectivity index (χ2v) is 7.96. The van der Waals surface area contributed by atoms with E-state index in [0.717, 1.165) is 19.3 Å². The number of aliphatic imine (C=N–C) groups is 1. The molecule has 0 bridgehead atoms. The molecule has 1 aromatic carbocycles. The lowest BCUT2D eigenvalue weighted by atomic mass is 9.89. The summed E-state index contributed by atoms with van der Waals surface area (Å²) in [6, 6.07) is 3.57. The molecular weight excluding hydrogens is 328 g/mol. The minimum atomic E-state index is -0.0458. The van der Waals surface area contributed by atoms with Gasteiger partial charge in [-0.3, -0.25) is 9.79 Å². The van der Waals surface area contributed by atoms with E-state index in [9.17, 15) is 4.79 Å². The number of hydrogen-bond donors (Lipinski definition) is 0. The molecule has 2 heterocycles. The molecular formula is C21H28N2O3. The average molecular weight is 356 g/mol. The minimum Gasteiger partial charge on any atom is -0.493 e. The van der Waals surface area contributed by atoms with Crippen molar-refractivity contribution < 1.29 is 14.3 Å². The highest BCUT2D eigenvalue weighted by atomic mass is 16.5. The van der Waals surface area contributed by atoms with E-state index in [1.165, 1.54) is 5.57 Å². The van der Waals surface area contributed by atoms with Crippen LogP contribution in [0.25, 0.3) is 0 Å². The topological polar surface area (TPSA) is 51.1 Å². The number of carbonyl (C=O) groups excluding carboxylic acids is 1. The number of nitrogens with zero attached hydrogens (tertiary/aromatic N) is 2. The highest BCUT2D eigenvalue weighted by molar-refractivity contribution is 6.04. The molecule has 3 rings (SSSR count). The zero-order valence-corrected chi connectivity index (χ0v) is 16.3. The molecule has 1 amide bonds. The number of rotatable bonds is 6. The Morgan fingerprint density at radius 3 is 2.77 bits per heavy atom. The number of carbonyl (C=O) groups is 1. The number of amides is 1. The molecule has 1 atom stereocenters. The van der Waals surface area contributed by atoms with Gasteiger partial charge in [-0.2, -0.15) is 0 Å². The molecule has 0 N–H and O–H groups in total. The van der Waals surface area contributed by atoms with Crippen LogP contribution in [0.4, 0.5) is 5.69 Å². The Hall–Kier alpha value is -2.30. The van der Waals surface area contributed by atoms with Gasteiger partial charge < -0.3 is 14.4 Å². The second kappa shape index (κ2) is 7.14. The molecule has 5 nitrogen and oxygen atoms in total. The van der Waals surface area contributed by atoms with Crippen molar-refractivity contribution in [3.05, 3.63) is 29.5 Å². The highest BCUT2D eigenvalue weighted by Crippen LogP contribution is 2.39. The fourth-order valence-electron chi connectivity index (χ4n) is 3.58. The first-order chi connectivity index (χ1) is 12.3. The number of hydrogen-bond acceptors (Lipinski definition) is 4. The Bertz CT molecular complexity index is 765. The summed E-state index contributed by atoms with van der Waals surface area (Å²) in [7, 11) is 1.60. The third-order valence-electron chi connectivity index (χ3n) is 4.93. The van der Waals surface area contributed by atoms with Crippen LogP contribution in [0.1, 0.15) is 57.3 Å². The summed E-state index contributed by atoms with van der Waals surface area (Å²) in [5.41, 5.74) is 2.45. The van der Waals surface area contributed by atoms with Gasteiger partial charge in [0.15, 0.2) is 11.5 Å². The van der Waals surface area contributed by atoms with Gasteiger partial charge in [0, 0.05) is 18.5 Å². The van der Waals surface area contributed by atoms with E-state index < -0.39 is 0 Å². The fourth-order valence-corrected chi connectivity index (χ4v) is 3.58. The van der Waals surface area contributed by atoms with E-state index in [2.05, 4.69) is 25.8 Å². The van der Waals surface area contributed by atoms with Crippen molar-refractivity contribution in [2.24, 2.45) is 10.4 Å². The van der Waals surface area contributed by atoms with E-state index in [-0.39, 0.29) is 17.4 Å². The molecule has 0 saturated heterocycles. The zero-order valence-electron chi connectivity index (χ0n) is 16.3. The molecule has 1 unspecified atom stereocenters. The van der Waals surface area contributed by atoms with Crippen LogP contribution >= 0.6 is 0 Å². The SMILES string of the molecule is CCCC(C)(C)COc1cc2c(cc1OC)C(=O)N1C=C(C)CC1C=N2. The van der Waals surface area contributed by atoms with Crippen LogP contribution in [0.5, 0.6) is 11.5 Å². The maximum Gasteiger partial charge on any atom is 0.260 e. The van der Waals surface area contributed by atoms with Gasteiger partial charge in [0.1, 0.15) is 0 Å². The summed E-state index contributed by atoms with van der Waals surface area (Å²) < 4.78 is 11.6. The second-order valence-electron chi connectivity index (χ2n) is 7.96. The van der Waals surface area contributed by atoms with Crippen molar-refractivity contribution in [3.63, 3.8) is 0 Å². The Balaban J connectivity index is 1.91. The monoisotopic (exact) mass is 356 g/mol. The van der Waals surface area contributed by atoms with Crippen LogP contribution in [-0.2, 0) is 0 Å². The molecule has 2 aliphatic heterocycles. The third-order valence-corrected chi connectivity index (χ3v) is 4.93. The van der Waals surface area contributed by atoms with Crippen LogP contribution in [0.2, 0.25) is 0 Å². The fraction of sp³-hybridized carbons (Fsp3) is 0.524. The number of benzene rings is 1. The molecule has 0 aliphatic carbocycles. The number of fused-ring (bicyclic) bond motifs is 2. The highest BCUT2D eigenvalue weighted by Gasteiger charge is 2.32. The van der Waals surface area contributed by atoms with Crippen molar-refractivity contribution in [1.82, 2.24) is 4.90 Å². The van der Waals surface area contributed by atoms with Crippen LogP contribution < -0.4 is 9.47 Å². The minimum absolute atomic E-state index is 0.00579. The van der Waals surface area contributed by atoms with Crippen molar-refractivity contribution in [2.45, 2.75) is 53.0 Å². The Labute approximate surface area is 155 Å². The molecule has 26 heavy (non-hydrogen) atoms. The maximum atomic E-state index is 13.0. The van der Waals surface area contributed by atoms with Gasteiger partial charge in [-0.05, 0) is 31.2 Å². The van der Waals surface area contributed by atoms with Crippen LogP contribution in [0, 0.1) is 5.41 Å². The predicted molar refractivity (Wildman–Crippen MR) is 104 cm³/mol. The summed E-state index contributed by atoms with van der Waals surface area (Å²) in [5.74, 6) is 1.16. The summed E-state index contributed by atoms with van der Waals surface area (Å²) in [6.07, 6.45) is 6.79. The van der Waals surface area contributed by atoms with E-state index in [1.807, 2.05) is 25.4 Å². The smallest absolute Gasteiger partial charge is 0.260 e. The van der Waals surface area contributed by atoms with Gasteiger partial charge in [-0.15, -0.1) is 0 Å². The molecule has 0 fully saturated rings. The quantitative estimate of drug-likeness (QED) is 0.740. The number of methoxy groups -OCH3 is 1. The van der Waals surface area contributed by atoms with Gasteiger partial charge in [-0.25, -0.2) is 0 Å². The van der Waals surface area contributed by atoms with E-state index in [1.54, 1.807) is 18.1 Å². The summed E-state index contributed by atoms with van der Waals surface area (Å²) in [6.45, 7) is 9.18. The molecule has 1 aromatic rings. The first-order valence-corrected chi connectivity index (χ1v) is 9.23. The lowest BCUT2D eigenvalue weighted by Gasteiger charge is -2.25. The average Bonchev–Trinajstić information content (AvgIpc) is 2.92.